The molecule has 2 amide bonds. The second kappa shape index (κ2) is 10.1. The Bertz CT molecular complexity index is 599. The third-order valence-corrected chi connectivity index (χ3v) is 4.37. The van der Waals surface area contributed by atoms with Gasteiger partial charge in [0.1, 0.15) is 5.75 Å². The molecule has 0 saturated carbocycles. The van der Waals surface area contributed by atoms with E-state index in [1.54, 1.807) is 24.0 Å². The topological polar surface area (TPSA) is 68.3 Å². The summed E-state index contributed by atoms with van der Waals surface area (Å²) in [4.78, 5) is 28.7. The average Bonchev–Trinajstić information content (AvgIpc) is 2.66. The van der Waals surface area contributed by atoms with E-state index in [-0.39, 0.29) is 18.2 Å². The van der Waals surface area contributed by atoms with Gasteiger partial charge in [0.05, 0.1) is 18.9 Å². The second-order valence-corrected chi connectivity index (χ2v) is 6.09. The third-order valence-electron chi connectivity index (χ3n) is 4.37. The van der Waals surface area contributed by atoms with Crippen LogP contribution in [0.2, 0.25) is 0 Å². The van der Waals surface area contributed by atoms with Crippen molar-refractivity contribution < 1.29 is 23.8 Å². The lowest BCUT2D eigenvalue weighted by Crippen LogP contribution is -2.47. The number of rotatable bonds is 10. The van der Waals surface area contributed by atoms with Gasteiger partial charge in [-0.3, -0.25) is 9.59 Å². The van der Waals surface area contributed by atoms with Gasteiger partial charge in [-0.15, -0.1) is 0 Å². The lowest BCUT2D eigenvalue weighted by atomic mass is 10.1. The summed E-state index contributed by atoms with van der Waals surface area (Å²) < 4.78 is 15.9. The lowest BCUT2D eigenvalue weighted by molar-refractivity contribution is -0.132. The van der Waals surface area contributed by atoms with Gasteiger partial charge >= 0.3 is 0 Å². The van der Waals surface area contributed by atoms with E-state index in [1.807, 2.05) is 31.2 Å². The van der Waals surface area contributed by atoms with E-state index in [9.17, 15) is 9.59 Å². The standard InChI is InChI=1S/C19H28N2O5/c1-4-16-19(23)21(15-7-5-6-8-17(15)26-16)10-9-18(22)20(11-13-24-2)12-14-25-3/h5-8,16H,4,9-14H2,1-3H3. The molecule has 1 atom stereocenters. The van der Waals surface area contributed by atoms with Crippen molar-refractivity contribution in [1.29, 1.82) is 0 Å². The number of carbonyl (C=O) groups is 2. The molecule has 1 unspecified atom stereocenters. The molecule has 7 nitrogen and oxygen atoms in total. The van der Waals surface area contributed by atoms with E-state index >= 15 is 0 Å². The smallest absolute Gasteiger partial charge is 0.268 e. The molecule has 0 aromatic heterocycles. The van der Waals surface area contributed by atoms with E-state index in [1.165, 1.54) is 0 Å². The molecule has 0 aliphatic carbocycles. The minimum Gasteiger partial charge on any atom is -0.478 e. The van der Waals surface area contributed by atoms with Crippen molar-refractivity contribution in [3.63, 3.8) is 0 Å². The number of para-hydroxylation sites is 2. The zero-order chi connectivity index (χ0) is 18.9. The molecular formula is C19H28N2O5. The Labute approximate surface area is 154 Å². The summed E-state index contributed by atoms with van der Waals surface area (Å²) in [6.45, 7) is 4.18. The van der Waals surface area contributed by atoms with Crippen molar-refractivity contribution in [1.82, 2.24) is 4.90 Å². The van der Waals surface area contributed by atoms with Crippen LogP contribution < -0.4 is 9.64 Å². The Morgan fingerprint density at radius 2 is 1.85 bits per heavy atom. The molecule has 0 fully saturated rings. The number of anilines is 1. The Morgan fingerprint density at radius 1 is 1.19 bits per heavy atom. The highest BCUT2D eigenvalue weighted by atomic mass is 16.5. The van der Waals surface area contributed by atoms with Gasteiger partial charge in [0.25, 0.3) is 5.91 Å². The average molecular weight is 364 g/mol. The monoisotopic (exact) mass is 364 g/mol. The van der Waals surface area contributed by atoms with Crippen LogP contribution in [0, 0.1) is 0 Å². The fourth-order valence-corrected chi connectivity index (χ4v) is 2.89. The molecule has 1 aromatic rings. The summed E-state index contributed by atoms with van der Waals surface area (Å²) in [5, 5.41) is 0. The second-order valence-electron chi connectivity index (χ2n) is 6.09. The molecule has 1 heterocycles. The number of methoxy groups -OCH3 is 2. The van der Waals surface area contributed by atoms with Crippen LogP contribution in [0.3, 0.4) is 0 Å². The van der Waals surface area contributed by atoms with Crippen molar-refractivity contribution in [2.24, 2.45) is 0 Å². The highest BCUT2D eigenvalue weighted by molar-refractivity contribution is 6.00. The van der Waals surface area contributed by atoms with Crippen LogP contribution in [0.1, 0.15) is 19.8 Å². The van der Waals surface area contributed by atoms with Crippen LogP contribution in [0.25, 0.3) is 0 Å². The summed E-state index contributed by atoms with van der Waals surface area (Å²) in [5.41, 5.74) is 0.718. The fraction of sp³-hybridized carbons (Fsp3) is 0.579. The summed E-state index contributed by atoms with van der Waals surface area (Å²) in [5.74, 6) is 0.560. The molecule has 26 heavy (non-hydrogen) atoms. The zero-order valence-corrected chi connectivity index (χ0v) is 15.8. The Morgan fingerprint density at radius 3 is 2.46 bits per heavy atom. The maximum Gasteiger partial charge on any atom is 0.268 e. The lowest BCUT2D eigenvalue weighted by Gasteiger charge is -2.34. The van der Waals surface area contributed by atoms with Gasteiger partial charge in [0, 0.05) is 40.3 Å². The van der Waals surface area contributed by atoms with Crippen LogP contribution in [0.4, 0.5) is 5.69 Å². The third kappa shape index (κ3) is 4.95. The molecule has 0 bridgehead atoms. The summed E-state index contributed by atoms with van der Waals surface area (Å²) in [6.07, 6.45) is 0.327. The molecule has 144 valence electrons. The summed E-state index contributed by atoms with van der Waals surface area (Å²) in [7, 11) is 3.21. The normalized spacial score (nSPS) is 16.2. The number of fused-ring (bicyclic) bond motifs is 1. The Balaban J connectivity index is 2.05. The Kier molecular flexibility index (Phi) is 7.87. The van der Waals surface area contributed by atoms with Gasteiger partial charge in [0.2, 0.25) is 5.91 Å². The zero-order valence-electron chi connectivity index (χ0n) is 15.8. The first-order valence-electron chi connectivity index (χ1n) is 8.95. The fourth-order valence-electron chi connectivity index (χ4n) is 2.89. The van der Waals surface area contributed by atoms with Crippen molar-refractivity contribution in [3.05, 3.63) is 24.3 Å². The van der Waals surface area contributed by atoms with E-state index in [0.717, 1.165) is 5.69 Å². The van der Waals surface area contributed by atoms with Crippen molar-refractivity contribution >= 4 is 17.5 Å². The molecule has 2 rings (SSSR count). The van der Waals surface area contributed by atoms with Crippen molar-refractivity contribution in [2.45, 2.75) is 25.9 Å². The maximum atomic E-state index is 12.7. The van der Waals surface area contributed by atoms with E-state index < -0.39 is 6.10 Å². The summed E-state index contributed by atoms with van der Waals surface area (Å²) in [6, 6.07) is 7.43. The number of ether oxygens (including phenoxy) is 3. The van der Waals surface area contributed by atoms with Gasteiger partial charge in [-0.05, 0) is 18.6 Å². The first-order valence-corrected chi connectivity index (χ1v) is 8.95. The highest BCUT2D eigenvalue weighted by Gasteiger charge is 2.33. The van der Waals surface area contributed by atoms with E-state index in [2.05, 4.69) is 0 Å². The van der Waals surface area contributed by atoms with E-state index in [0.29, 0.717) is 45.0 Å². The molecule has 7 heteroatoms. The molecule has 0 N–H and O–H groups in total. The van der Waals surface area contributed by atoms with Crippen LogP contribution in [0.5, 0.6) is 5.75 Å². The minimum atomic E-state index is -0.502. The predicted octanol–water partition coefficient (Wildman–Crippen LogP) is 1.70. The van der Waals surface area contributed by atoms with Crippen LogP contribution in [0.15, 0.2) is 24.3 Å². The summed E-state index contributed by atoms with van der Waals surface area (Å²) >= 11 is 0. The van der Waals surface area contributed by atoms with Crippen LogP contribution in [-0.2, 0) is 19.1 Å². The molecular weight excluding hydrogens is 336 g/mol. The first-order chi connectivity index (χ1) is 12.6. The van der Waals surface area contributed by atoms with Crippen molar-refractivity contribution in [3.8, 4) is 5.75 Å². The number of hydrogen-bond donors (Lipinski definition) is 0. The highest BCUT2D eigenvalue weighted by Crippen LogP contribution is 2.34. The predicted molar refractivity (Wildman–Crippen MR) is 98.5 cm³/mol. The van der Waals surface area contributed by atoms with Gasteiger partial charge < -0.3 is 24.0 Å². The van der Waals surface area contributed by atoms with Crippen LogP contribution in [-0.4, -0.2) is 69.9 Å². The number of amides is 2. The van der Waals surface area contributed by atoms with E-state index in [4.69, 9.17) is 14.2 Å². The quantitative estimate of drug-likeness (QED) is 0.632. The first kappa shape index (κ1) is 20.2. The number of hydrogen-bond acceptors (Lipinski definition) is 5. The Hall–Kier alpha value is -2.12. The minimum absolute atomic E-state index is 0.0241. The molecule has 0 spiro atoms. The number of benzene rings is 1. The molecule has 1 aliphatic heterocycles. The SMILES string of the molecule is CCC1Oc2ccccc2N(CCC(=O)N(CCOC)CCOC)C1=O. The number of carbonyl (C=O) groups excluding carboxylic acids is 2. The van der Waals surface area contributed by atoms with Gasteiger partial charge in [-0.25, -0.2) is 0 Å². The number of nitrogens with zero attached hydrogens (tertiary/aromatic N) is 2. The molecule has 1 aliphatic rings. The van der Waals surface area contributed by atoms with Gasteiger partial charge in [0.15, 0.2) is 6.10 Å². The molecule has 0 saturated heterocycles. The van der Waals surface area contributed by atoms with Gasteiger partial charge in [-0.2, -0.15) is 0 Å². The van der Waals surface area contributed by atoms with Crippen LogP contribution >= 0.6 is 0 Å². The molecule has 0 radical (unpaired) electrons. The maximum absolute atomic E-state index is 12.7. The van der Waals surface area contributed by atoms with Crippen molar-refractivity contribution in [2.75, 3.05) is 52.0 Å². The molecule has 1 aromatic carbocycles. The van der Waals surface area contributed by atoms with Gasteiger partial charge in [-0.1, -0.05) is 19.1 Å². The largest absolute Gasteiger partial charge is 0.478 e.